The SMILES string of the molecule is Cn1ccc(C(=O)c2cc3cc(F)ccc3s2)n1. The molecule has 0 aliphatic rings. The standard InChI is InChI=1S/C13H9FN2OS/c1-16-5-4-10(15-16)13(17)12-7-8-6-9(14)2-3-11(8)18-12/h2-7H,1H3. The summed E-state index contributed by atoms with van der Waals surface area (Å²) >= 11 is 1.35. The lowest BCUT2D eigenvalue weighted by Crippen LogP contribution is -2.00. The van der Waals surface area contributed by atoms with Crippen molar-refractivity contribution in [1.29, 1.82) is 0 Å². The Bertz CT molecular complexity index is 744. The predicted molar refractivity (Wildman–Crippen MR) is 68.4 cm³/mol. The van der Waals surface area contributed by atoms with E-state index in [2.05, 4.69) is 5.10 Å². The number of carbonyl (C=O) groups is 1. The molecule has 0 aliphatic carbocycles. The second-order valence-electron chi connectivity index (χ2n) is 4.00. The van der Waals surface area contributed by atoms with Crippen molar-refractivity contribution in [2.75, 3.05) is 0 Å². The molecular weight excluding hydrogens is 251 g/mol. The molecule has 0 fully saturated rings. The molecule has 0 radical (unpaired) electrons. The largest absolute Gasteiger partial charge is 0.286 e. The molecule has 0 bridgehead atoms. The number of thiophene rings is 1. The van der Waals surface area contributed by atoms with Gasteiger partial charge in [-0.2, -0.15) is 5.10 Å². The van der Waals surface area contributed by atoms with Crippen molar-refractivity contribution < 1.29 is 9.18 Å². The van der Waals surface area contributed by atoms with Crippen molar-refractivity contribution in [3.05, 3.63) is 52.9 Å². The molecule has 0 spiro atoms. The van der Waals surface area contributed by atoms with Crippen molar-refractivity contribution in [3.63, 3.8) is 0 Å². The summed E-state index contributed by atoms with van der Waals surface area (Å²) in [7, 11) is 1.76. The number of aromatic nitrogens is 2. The van der Waals surface area contributed by atoms with E-state index >= 15 is 0 Å². The Balaban J connectivity index is 2.06. The van der Waals surface area contributed by atoms with E-state index in [1.165, 1.54) is 23.5 Å². The molecule has 0 atom stereocenters. The Hall–Kier alpha value is -2.01. The van der Waals surface area contributed by atoms with Crippen LogP contribution < -0.4 is 0 Å². The van der Waals surface area contributed by atoms with Gasteiger partial charge in [0, 0.05) is 17.9 Å². The Morgan fingerprint density at radius 2 is 2.17 bits per heavy atom. The fourth-order valence-corrected chi connectivity index (χ4v) is 2.78. The molecule has 3 aromatic rings. The van der Waals surface area contributed by atoms with Gasteiger partial charge in [-0.1, -0.05) is 0 Å². The molecule has 90 valence electrons. The van der Waals surface area contributed by atoms with Crippen LogP contribution in [0.3, 0.4) is 0 Å². The number of nitrogens with zero attached hydrogens (tertiary/aromatic N) is 2. The molecule has 0 saturated carbocycles. The lowest BCUT2D eigenvalue weighted by atomic mass is 10.2. The lowest BCUT2D eigenvalue weighted by molar-refractivity contribution is 0.103. The van der Waals surface area contributed by atoms with Crippen LogP contribution in [0.5, 0.6) is 0 Å². The molecule has 0 unspecified atom stereocenters. The third-order valence-corrected chi connectivity index (χ3v) is 3.76. The monoisotopic (exact) mass is 260 g/mol. The minimum atomic E-state index is -0.294. The number of halogens is 1. The third kappa shape index (κ3) is 1.82. The molecule has 0 aliphatic heterocycles. The first-order valence-electron chi connectivity index (χ1n) is 5.37. The number of hydrogen-bond acceptors (Lipinski definition) is 3. The molecule has 5 heteroatoms. The van der Waals surface area contributed by atoms with E-state index in [-0.39, 0.29) is 11.6 Å². The van der Waals surface area contributed by atoms with Crippen LogP contribution in [0.2, 0.25) is 0 Å². The van der Waals surface area contributed by atoms with E-state index < -0.39 is 0 Å². The third-order valence-electron chi connectivity index (χ3n) is 2.65. The van der Waals surface area contributed by atoms with Crippen molar-refractivity contribution in [3.8, 4) is 0 Å². The van der Waals surface area contributed by atoms with Crippen LogP contribution in [0, 0.1) is 5.82 Å². The van der Waals surface area contributed by atoms with Crippen LogP contribution in [0.15, 0.2) is 36.5 Å². The first kappa shape index (κ1) is 11.1. The van der Waals surface area contributed by atoms with Gasteiger partial charge in [0.15, 0.2) is 0 Å². The fraction of sp³-hybridized carbons (Fsp3) is 0.0769. The van der Waals surface area contributed by atoms with E-state index in [0.717, 1.165) is 10.1 Å². The van der Waals surface area contributed by atoms with Gasteiger partial charge >= 0.3 is 0 Å². The maximum atomic E-state index is 13.1. The molecule has 0 saturated heterocycles. The zero-order valence-electron chi connectivity index (χ0n) is 9.55. The van der Waals surface area contributed by atoms with Gasteiger partial charge in [-0.05, 0) is 35.7 Å². The number of benzene rings is 1. The van der Waals surface area contributed by atoms with Gasteiger partial charge in [0.25, 0.3) is 0 Å². The summed E-state index contributed by atoms with van der Waals surface area (Å²) < 4.78 is 15.6. The van der Waals surface area contributed by atoms with E-state index in [1.807, 2.05) is 0 Å². The van der Waals surface area contributed by atoms with Crippen LogP contribution in [0.1, 0.15) is 15.4 Å². The molecule has 2 aromatic heterocycles. The van der Waals surface area contributed by atoms with Crippen molar-refractivity contribution in [2.24, 2.45) is 7.05 Å². The highest BCUT2D eigenvalue weighted by Gasteiger charge is 2.15. The maximum absolute atomic E-state index is 13.1. The Morgan fingerprint density at radius 3 is 2.89 bits per heavy atom. The number of rotatable bonds is 2. The number of fused-ring (bicyclic) bond motifs is 1. The summed E-state index contributed by atoms with van der Waals surface area (Å²) in [6.45, 7) is 0. The van der Waals surface area contributed by atoms with Gasteiger partial charge in [-0.25, -0.2) is 4.39 Å². The molecule has 0 N–H and O–H groups in total. The number of carbonyl (C=O) groups excluding carboxylic acids is 1. The van der Waals surface area contributed by atoms with E-state index in [1.54, 1.807) is 36.1 Å². The zero-order chi connectivity index (χ0) is 12.7. The predicted octanol–water partition coefficient (Wildman–Crippen LogP) is 3.00. The second-order valence-corrected chi connectivity index (χ2v) is 5.08. The van der Waals surface area contributed by atoms with Gasteiger partial charge in [-0.3, -0.25) is 9.48 Å². The van der Waals surface area contributed by atoms with Crippen molar-refractivity contribution in [1.82, 2.24) is 9.78 Å². The molecule has 1 aromatic carbocycles. The molecule has 3 nitrogen and oxygen atoms in total. The average molecular weight is 260 g/mol. The van der Waals surface area contributed by atoms with Crippen LogP contribution in [0.25, 0.3) is 10.1 Å². The smallest absolute Gasteiger partial charge is 0.223 e. The maximum Gasteiger partial charge on any atom is 0.223 e. The van der Waals surface area contributed by atoms with Gasteiger partial charge in [0.05, 0.1) is 4.88 Å². The summed E-state index contributed by atoms with van der Waals surface area (Å²) in [5, 5.41) is 4.82. The first-order chi connectivity index (χ1) is 8.63. The molecular formula is C13H9FN2OS. The summed E-state index contributed by atoms with van der Waals surface area (Å²) in [4.78, 5) is 12.7. The summed E-state index contributed by atoms with van der Waals surface area (Å²) in [5.41, 5.74) is 0.407. The molecule has 3 rings (SSSR count). The second kappa shape index (κ2) is 4.03. The summed E-state index contributed by atoms with van der Waals surface area (Å²) in [5.74, 6) is -0.422. The van der Waals surface area contributed by atoms with Gasteiger partial charge < -0.3 is 0 Å². The quantitative estimate of drug-likeness (QED) is 0.664. The van der Waals surface area contributed by atoms with E-state index in [0.29, 0.717) is 10.6 Å². The number of hydrogen-bond donors (Lipinski definition) is 0. The minimum Gasteiger partial charge on any atom is -0.286 e. The highest BCUT2D eigenvalue weighted by Crippen LogP contribution is 2.27. The topological polar surface area (TPSA) is 34.9 Å². The van der Waals surface area contributed by atoms with E-state index in [9.17, 15) is 9.18 Å². The molecule has 18 heavy (non-hydrogen) atoms. The van der Waals surface area contributed by atoms with Crippen LogP contribution in [-0.4, -0.2) is 15.6 Å². The summed E-state index contributed by atoms with van der Waals surface area (Å²) in [6.07, 6.45) is 1.72. The van der Waals surface area contributed by atoms with Crippen molar-refractivity contribution >= 4 is 27.2 Å². The Kier molecular flexibility index (Phi) is 2.48. The average Bonchev–Trinajstić information content (AvgIpc) is 2.93. The highest BCUT2D eigenvalue weighted by atomic mass is 32.1. The molecule has 2 heterocycles. The lowest BCUT2D eigenvalue weighted by Gasteiger charge is -1.90. The Morgan fingerprint density at radius 1 is 1.33 bits per heavy atom. The fourth-order valence-electron chi connectivity index (χ4n) is 1.79. The van der Waals surface area contributed by atoms with Gasteiger partial charge in [-0.15, -0.1) is 11.3 Å². The van der Waals surface area contributed by atoms with E-state index in [4.69, 9.17) is 0 Å². The van der Waals surface area contributed by atoms with Gasteiger partial charge in [0.1, 0.15) is 11.5 Å². The highest BCUT2D eigenvalue weighted by molar-refractivity contribution is 7.21. The zero-order valence-corrected chi connectivity index (χ0v) is 10.4. The molecule has 0 amide bonds. The number of aryl methyl sites for hydroxylation is 1. The summed E-state index contributed by atoms with van der Waals surface area (Å²) in [6, 6.07) is 7.90. The van der Waals surface area contributed by atoms with Crippen LogP contribution in [-0.2, 0) is 7.05 Å². The van der Waals surface area contributed by atoms with Gasteiger partial charge in [0.2, 0.25) is 5.78 Å². The van der Waals surface area contributed by atoms with Crippen LogP contribution in [0.4, 0.5) is 4.39 Å². The van der Waals surface area contributed by atoms with Crippen molar-refractivity contribution in [2.45, 2.75) is 0 Å². The van der Waals surface area contributed by atoms with Crippen LogP contribution >= 0.6 is 11.3 Å². The first-order valence-corrected chi connectivity index (χ1v) is 6.18. The Labute approximate surface area is 106 Å². The minimum absolute atomic E-state index is 0.128. The normalized spacial score (nSPS) is 11.0. The number of ketones is 1.